The average Bonchev–Trinajstić information content (AvgIpc) is 2.48. The Morgan fingerprint density at radius 3 is 2.60 bits per heavy atom. The lowest BCUT2D eigenvalue weighted by atomic mass is 9.97. The SMILES string of the molecule is CC1(C)CC(=O)NCCN1Cc1ccc([N+](=O)[O-])cc1. The molecular formula is C14H19N3O3. The van der Waals surface area contributed by atoms with Gasteiger partial charge in [0.2, 0.25) is 5.91 Å². The number of nitro benzene ring substituents is 1. The lowest BCUT2D eigenvalue weighted by Gasteiger charge is -2.36. The Morgan fingerprint density at radius 2 is 2.00 bits per heavy atom. The third-order valence-corrected chi connectivity index (χ3v) is 3.67. The molecule has 0 spiro atoms. The molecule has 0 saturated carbocycles. The highest BCUT2D eigenvalue weighted by Crippen LogP contribution is 2.23. The molecule has 0 radical (unpaired) electrons. The predicted molar refractivity (Wildman–Crippen MR) is 75.2 cm³/mol. The number of rotatable bonds is 3. The monoisotopic (exact) mass is 277 g/mol. The number of benzene rings is 1. The van der Waals surface area contributed by atoms with Gasteiger partial charge in [0.1, 0.15) is 0 Å². The van der Waals surface area contributed by atoms with Crippen LogP contribution in [0.15, 0.2) is 24.3 Å². The van der Waals surface area contributed by atoms with Crippen molar-refractivity contribution in [2.75, 3.05) is 13.1 Å². The van der Waals surface area contributed by atoms with Crippen LogP contribution in [-0.4, -0.2) is 34.4 Å². The summed E-state index contributed by atoms with van der Waals surface area (Å²) in [5, 5.41) is 13.5. The molecule has 0 atom stereocenters. The minimum Gasteiger partial charge on any atom is -0.355 e. The molecule has 2 rings (SSSR count). The molecule has 0 aromatic heterocycles. The lowest BCUT2D eigenvalue weighted by molar-refractivity contribution is -0.384. The van der Waals surface area contributed by atoms with Crippen molar-refractivity contribution in [1.29, 1.82) is 0 Å². The van der Waals surface area contributed by atoms with Gasteiger partial charge in [-0.2, -0.15) is 0 Å². The van der Waals surface area contributed by atoms with Gasteiger partial charge in [0, 0.05) is 43.7 Å². The fourth-order valence-electron chi connectivity index (χ4n) is 2.44. The molecule has 1 N–H and O–H groups in total. The highest BCUT2D eigenvalue weighted by Gasteiger charge is 2.31. The van der Waals surface area contributed by atoms with Gasteiger partial charge in [-0.3, -0.25) is 19.8 Å². The number of amides is 1. The maximum atomic E-state index is 11.6. The van der Waals surface area contributed by atoms with Crippen LogP contribution in [0.4, 0.5) is 5.69 Å². The summed E-state index contributed by atoms with van der Waals surface area (Å²) in [6.45, 7) is 6.18. The van der Waals surface area contributed by atoms with Crippen LogP contribution in [-0.2, 0) is 11.3 Å². The first kappa shape index (κ1) is 14.5. The molecule has 20 heavy (non-hydrogen) atoms. The third-order valence-electron chi connectivity index (χ3n) is 3.67. The molecule has 0 aliphatic carbocycles. The summed E-state index contributed by atoms with van der Waals surface area (Å²) in [4.78, 5) is 24.1. The van der Waals surface area contributed by atoms with Crippen LogP contribution in [0.1, 0.15) is 25.8 Å². The molecule has 0 bridgehead atoms. The molecule has 1 aromatic rings. The Morgan fingerprint density at radius 1 is 1.35 bits per heavy atom. The van der Waals surface area contributed by atoms with Gasteiger partial charge in [-0.25, -0.2) is 0 Å². The van der Waals surface area contributed by atoms with E-state index in [2.05, 4.69) is 10.2 Å². The Bertz CT molecular complexity index is 511. The third kappa shape index (κ3) is 3.33. The summed E-state index contributed by atoms with van der Waals surface area (Å²) >= 11 is 0. The Hall–Kier alpha value is -1.95. The molecular weight excluding hydrogens is 258 g/mol. The van der Waals surface area contributed by atoms with E-state index in [9.17, 15) is 14.9 Å². The first-order chi connectivity index (χ1) is 9.38. The summed E-state index contributed by atoms with van der Waals surface area (Å²) in [5.74, 6) is 0.0706. The van der Waals surface area contributed by atoms with Crippen LogP contribution in [0, 0.1) is 10.1 Å². The summed E-state index contributed by atoms with van der Waals surface area (Å²) < 4.78 is 0. The zero-order chi connectivity index (χ0) is 14.8. The highest BCUT2D eigenvalue weighted by atomic mass is 16.6. The van der Waals surface area contributed by atoms with E-state index in [1.165, 1.54) is 12.1 Å². The lowest BCUT2D eigenvalue weighted by Crippen LogP contribution is -2.44. The molecule has 108 valence electrons. The Kier molecular flexibility index (Phi) is 4.04. The number of non-ortho nitro benzene ring substituents is 1. The van der Waals surface area contributed by atoms with E-state index in [1.54, 1.807) is 12.1 Å². The molecule has 0 unspecified atom stereocenters. The van der Waals surface area contributed by atoms with Gasteiger partial charge in [0.05, 0.1) is 4.92 Å². The van der Waals surface area contributed by atoms with Crippen molar-refractivity contribution in [2.24, 2.45) is 0 Å². The minimum absolute atomic E-state index is 0.0706. The van der Waals surface area contributed by atoms with E-state index in [-0.39, 0.29) is 17.1 Å². The van der Waals surface area contributed by atoms with Crippen molar-refractivity contribution in [3.63, 3.8) is 0 Å². The van der Waals surface area contributed by atoms with Crippen LogP contribution in [0.5, 0.6) is 0 Å². The number of carbonyl (C=O) groups excluding carboxylic acids is 1. The van der Waals surface area contributed by atoms with Crippen molar-refractivity contribution in [3.05, 3.63) is 39.9 Å². The van der Waals surface area contributed by atoms with Crippen LogP contribution < -0.4 is 5.32 Å². The maximum Gasteiger partial charge on any atom is 0.269 e. The summed E-state index contributed by atoms with van der Waals surface area (Å²) in [6.07, 6.45) is 0.458. The maximum absolute atomic E-state index is 11.6. The smallest absolute Gasteiger partial charge is 0.269 e. The summed E-state index contributed by atoms with van der Waals surface area (Å²) in [5.41, 5.74) is 0.890. The average molecular weight is 277 g/mol. The second-order valence-corrected chi connectivity index (χ2v) is 5.68. The van der Waals surface area contributed by atoms with E-state index in [1.807, 2.05) is 13.8 Å². The fraction of sp³-hybridized carbons (Fsp3) is 0.500. The number of nitrogens with zero attached hydrogens (tertiary/aromatic N) is 2. The van der Waals surface area contributed by atoms with Crippen LogP contribution in [0.3, 0.4) is 0 Å². The second kappa shape index (κ2) is 5.58. The van der Waals surface area contributed by atoms with Gasteiger partial charge in [-0.1, -0.05) is 12.1 Å². The van der Waals surface area contributed by atoms with Gasteiger partial charge in [0.15, 0.2) is 0 Å². The number of nitrogens with one attached hydrogen (secondary N) is 1. The standard InChI is InChI=1S/C14H19N3O3/c1-14(2)9-13(18)15-7-8-16(14)10-11-3-5-12(6-4-11)17(19)20/h3-6H,7-10H2,1-2H3,(H,15,18). The van der Waals surface area contributed by atoms with Crippen molar-refractivity contribution in [3.8, 4) is 0 Å². The molecule has 1 heterocycles. The van der Waals surface area contributed by atoms with Crippen LogP contribution >= 0.6 is 0 Å². The Balaban J connectivity index is 2.11. The Labute approximate surface area is 117 Å². The number of carbonyl (C=O) groups is 1. The zero-order valence-electron chi connectivity index (χ0n) is 11.8. The molecule has 1 fully saturated rings. The molecule has 1 saturated heterocycles. The quantitative estimate of drug-likeness (QED) is 0.674. The van der Waals surface area contributed by atoms with Crippen molar-refractivity contribution in [2.45, 2.75) is 32.4 Å². The van der Waals surface area contributed by atoms with Crippen LogP contribution in [0.2, 0.25) is 0 Å². The second-order valence-electron chi connectivity index (χ2n) is 5.68. The summed E-state index contributed by atoms with van der Waals surface area (Å²) in [6, 6.07) is 6.58. The van der Waals surface area contributed by atoms with E-state index >= 15 is 0 Å². The molecule has 6 nitrogen and oxygen atoms in total. The number of hydrogen-bond acceptors (Lipinski definition) is 4. The molecule has 1 aliphatic rings. The van der Waals surface area contributed by atoms with E-state index < -0.39 is 4.92 Å². The van der Waals surface area contributed by atoms with Gasteiger partial charge < -0.3 is 5.32 Å². The minimum atomic E-state index is -0.401. The van der Waals surface area contributed by atoms with E-state index in [0.29, 0.717) is 19.5 Å². The summed E-state index contributed by atoms with van der Waals surface area (Å²) in [7, 11) is 0. The predicted octanol–water partition coefficient (Wildman–Crippen LogP) is 1.70. The van der Waals surface area contributed by atoms with Crippen molar-refractivity contribution < 1.29 is 9.72 Å². The normalized spacial score (nSPS) is 19.2. The fourth-order valence-corrected chi connectivity index (χ4v) is 2.44. The van der Waals surface area contributed by atoms with Crippen molar-refractivity contribution in [1.82, 2.24) is 10.2 Å². The number of nitro groups is 1. The van der Waals surface area contributed by atoms with E-state index in [4.69, 9.17) is 0 Å². The molecule has 1 aliphatic heterocycles. The van der Waals surface area contributed by atoms with E-state index in [0.717, 1.165) is 12.1 Å². The first-order valence-corrected chi connectivity index (χ1v) is 6.63. The first-order valence-electron chi connectivity index (χ1n) is 6.63. The van der Waals surface area contributed by atoms with Crippen molar-refractivity contribution >= 4 is 11.6 Å². The number of hydrogen-bond donors (Lipinski definition) is 1. The zero-order valence-corrected chi connectivity index (χ0v) is 11.8. The topological polar surface area (TPSA) is 75.5 Å². The molecule has 6 heteroatoms. The van der Waals surface area contributed by atoms with Crippen LogP contribution in [0.25, 0.3) is 0 Å². The van der Waals surface area contributed by atoms with Gasteiger partial charge >= 0.3 is 0 Å². The molecule has 1 amide bonds. The van der Waals surface area contributed by atoms with Gasteiger partial charge in [-0.05, 0) is 19.4 Å². The van der Waals surface area contributed by atoms with Gasteiger partial charge in [0.25, 0.3) is 5.69 Å². The highest BCUT2D eigenvalue weighted by molar-refractivity contribution is 5.77. The van der Waals surface area contributed by atoms with Gasteiger partial charge in [-0.15, -0.1) is 0 Å². The largest absolute Gasteiger partial charge is 0.355 e. The molecule has 1 aromatic carbocycles.